The highest BCUT2D eigenvalue weighted by atomic mass is 32.1. The third-order valence-corrected chi connectivity index (χ3v) is 2.85. The van der Waals surface area contributed by atoms with Gasteiger partial charge in [0.05, 0.1) is 0 Å². The lowest BCUT2D eigenvalue weighted by atomic mass is 10.1. The Bertz CT molecular complexity index is 308. The van der Waals surface area contributed by atoms with E-state index in [1.54, 1.807) is 0 Å². The van der Waals surface area contributed by atoms with Gasteiger partial charge in [0.1, 0.15) is 0 Å². The first kappa shape index (κ1) is 8.05. The van der Waals surface area contributed by atoms with E-state index in [2.05, 4.69) is 16.5 Å². The van der Waals surface area contributed by atoms with E-state index in [-0.39, 0.29) is 0 Å². The van der Waals surface area contributed by atoms with Crippen molar-refractivity contribution < 1.29 is 0 Å². The van der Waals surface area contributed by atoms with E-state index in [0.29, 0.717) is 6.04 Å². The monoisotopic (exact) mass is 182 g/mol. The molecule has 2 nitrogen and oxygen atoms in total. The summed E-state index contributed by atoms with van der Waals surface area (Å²) < 4.78 is 3.00. The average molecular weight is 182 g/mol. The molecule has 0 aliphatic heterocycles. The highest BCUT2D eigenvalue weighted by molar-refractivity contribution is 7.71. The number of nitrogens with one attached hydrogen (secondary N) is 1. The molecule has 66 valence electrons. The minimum absolute atomic E-state index is 0.566. The molecule has 3 heteroatoms. The lowest BCUT2D eigenvalue weighted by Gasteiger charge is -2.11. The Labute approximate surface area is 77.6 Å². The van der Waals surface area contributed by atoms with Gasteiger partial charge in [-0.1, -0.05) is 12.8 Å². The Hall–Kier alpha value is -0.570. The minimum atomic E-state index is 0.566. The van der Waals surface area contributed by atoms with Crippen molar-refractivity contribution >= 4 is 12.2 Å². The predicted octanol–water partition coefficient (Wildman–Crippen LogP) is 2.91. The lowest BCUT2D eigenvalue weighted by Crippen LogP contribution is -2.04. The topological polar surface area (TPSA) is 20.7 Å². The van der Waals surface area contributed by atoms with Gasteiger partial charge in [-0.15, -0.1) is 0 Å². The number of aromatic amines is 1. The largest absolute Gasteiger partial charge is 0.337 e. The summed E-state index contributed by atoms with van der Waals surface area (Å²) in [5, 5.41) is 0. The number of imidazole rings is 1. The minimum Gasteiger partial charge on any atom is -0.337 e. The number of hydrogen-bond donors (Lipinski definition) is 1. The highest BCUT2D eigenvalue weighted by Crippen LogP contribution is 2.36. The summed E-state index contributed by atoms with van der Waals surface area (Å²) >= 11 is 5.14. The van der Waals surface area contributed by atoms with Crippen molar-refractivity contribution in [1.29, 1.82) is 0 Å². The van der Waals surface area contributed by atoms with Crippen LogP contribution < -0.4 is 0 Å². The second kappa shape index (κ2) is 3.05. The van der Waals surface area contributed by atoms with E-state index < -0.39 is 0 Å². The summed E-state index contributed by atoms with van der Waals surface area (Å²) in [5.41, 5.74) is 0. The molecule has 12 heavy (non-hydrogen) atoms. The Balaban J connectivity index is 2.07. The van der Waals surface area contributed by atoms with Crippen molar-refractivity contribution in [3.8, 4) is 0 Å². The molecule has 1 aliphatic carbocycles. The van der Waals surface area contributed by atoms with Crippen LogP contribution in [0.2, 0.25) is 0 Å². The van der Waals surface area contributed by atoms with Crippen LogP contribution >= 0.6 is 12.2 Å². The van der Waals surface area contributed by atoms with Crippen LogP contribution in [-0.4, -0.2) is 9.55 Å². The summed E-state index contributed by atoms with van der Waals surface area (Å²) in [7, 11) is 0. The zero-order chi connectivity index (χ0) is 8.55. The third kappa shape index (κ3) is 1.61. The maximum Gasteiger partial charge on any atom is 0.177 e. The van der Waals surface area contributed by atoms with Gasteiger partial charge in [-0.3, -0.25) is 0 Å². The van der Waals surface area contributed by atoms with Crippen LogP contribution in [0, 0.1) is 10.7 Å². The van der Waals surface area contributed by atoms with Crippen LogP contribution in [0.3, 0.4) is 0 Å². The van der Waals surface area contributed by atoms with Crippen LogP contribution in [-0.2, 0) is 0 Å². The quantitative estimate of drug-likeness (QED) is 0.713. The molecule has 1 aromatic heterocycles. The van der Waals surface area contributed by atoms with Gasteiger partial charge in [0.2, 0.25) is 0 Å². The zero-order valence-corrected chi connectivity index (χ0v) is 8.10. The van der Waals surface area contributed by atoms with E-state index in [0.717, 1.165) is 10.7 Å². The molecule has 1 atom stereocenters. The second-order valence-electron chi connectivity index (χ2n) is 3.70. The van der Waals surface area contributed by atoms with E-state index in [9.17, 15) is 0 Å². The fourth-order valence-corrected chi connectivity index (χ4v) is 1.94. The summed E-state index contributed by atoms with van der Waals surface area (Å²) in [5.74, 6) is 0.969. The van der Waals surface area contributed by atoms with Crippen molar-refractivity contribution in [1.82, 2.24) is 9.55 Å². The Morgan fingerprint density at radius 3 is 3.00 bits per heavy atom. The number of H-pyrrole nitrogens is 1. The van der Waals surface area contributed by atoms with Crippen molar-refractivity contribution in [2.75, 3.05) is 0 Å². The fourth-order valence-electron chi connectivity index (χ4n) is 1.63. The Morgan fingerprint density at radius 2 is 2.50 bits per heavy atom. The van der Waals surface area contributed by atoms with E-state index in [1.165, 1.54) is 19.3 Å². The van der Waals surface area contributed by atoms with Crippen LogP contribution in [0.5, 0.6) is 0 Å². The molecule has 1 fully saturated rings. The molecule has 1 aromatic rings. The van der Waals surface area contributed by atoms with Crippen molar-refractivity contribution in [3.63, 3.8) is 0 Å². The number of nitrogens with zero attached hydrogens (tertiary/aromatic N) is 1. The number of aromatic nitrogens is 2. The normalized spacial score (nSPS) is 19.4. The number of hydrogen-bond acceptors (Lipinski definition) is 1. The van der Waals surface area contributed by atoms with Gasteiger partial charge in [0.15, 0.2) is 4.77 Å². The average Bonchev–Trinajstić information content (AvgIpc) is 2.72. The van der Waals surface area contributed by atoms with Gasteiger partial charge in [-0.2, -0.15) is 0 Å². The van der Waals surface area contributed by atoms with E-state index in [4.69, 9.17) is 12.2 Å². The van der Waals surface area contributed by atoms with Gasteiger partial charge in [0.25, 0.3) is 0 Å². The molecule has 0 spiro atoms. The van der Waals surface area contributed by atoms with Crippen LogP contribution in [0.1, 0.15) is 32.2 Å². The van der Waals surface area contributed by atoms with Gasteiger partial charge in [-0.25, -0.2) is 0 Å². The summed E-state index contributed by atoms with van der Waals surface area (Å²) in [6, 6.07) is 0.566. The molecule has 1 saturated carbocycles. The second-order valence-corrected chi connectivity index (χ2v) is 4.09. The zero-order valence-electron chi connectivity index (χ0n) is 7.29. The molecule has 1 aliphatic rings. The Kier molecular flexibility index (Phi) is 2.05. The molecule has 1 unspecified atom stereocenters. The molecule has 0 radical (unpaired) electrons. The van der Waals surface area contributed by atoms with Gasteiger partial charge in [-0.05, 0) is 31.5 Å². The molecule has 2 rings (SSSR count). The molecular weight excluding hydrogens is 168 g/mol. The fraction of sp³-hybridized carbons (Fsp3) is 0.667. The standard InChI is InChI=1S/C9H14N2S/c1-7(6-8-2-3-8)11-5-4-10-9(11)12/h4-5,7-8H,2-3,6H2,1H3,(H,10,12). The summed E-state index contributed by atoms with van der Waals surface area (Å²) in [6.45, 7) is 2.24. The maximum atomic E-state index is 5.14. The highest BCUT2D eigenvalue weighted by Gasteiger charge is 2.24. The molecule has 0 aromatic carbocycles. The van der Waals surface area contributed by atoms with Crippen LogP contribution in [0.15, 0.2) is 12.4 Å². The van der Waals surface area contributed by atoms with Crippen molar-refractivity contribution in [2.24, 2.45) is 5.92 Å². The third-order valence-electron chi connectivity index (χ3n) is 2.52. The van der Waals surface area contributed by atoms with Gasteiger partial charge < -0.3 is 9.55 Å². The molecule has 1 heterocycles. The first-order valence-corrected chi connectivity index (χ1v) is 4.93. The van der Waals surface area contributed by atoms with Crippen LogP contribution in [0.4, 0.5) is 0 Å². The molecule has 0 saturated heterocycles. The van der Waals surface area contributed by atoms with Crippen LogP contribution in [0.25, 0.3) is 0 Å². The SMILES string of the molecule is CC(CC1CC1)n1cc[nH]c1=S. The Morgan fingerprint density at radius 1 is 1.75 bits per heavy atom. The first-order valence-electron chi connectivity index (χ1n) is 4.53. The maximum absolute atomic E-state index is 5.14. The van der Waals surface area contributed by atoms with Crippen molar-refractivity contribution in [2.45, 2.75) is 32.2 Å². The van der Waals surface area contributed by atoms with E-state index in [1.807, 2.05) is 12.4 Å². The van der Waals surface area contributed by atoms with Gasteiger partial charge >= 0.3 is 0 Å². The number of rotatable bonds is 3. The lowest BCUT2D eigenvalue weighted by molar-refractivity contribution is 0.472. The molecular formula is C9H14N2S. The molecule has 0 amide bonds. The smallest absolute Gasteiger partial charge is 0.177 e. The van der Waals surface area contributed by atoms with Gasteiger partial charge in [0, 0.05) is 18.4 Å². The first-order chi connectivity index (χ1) is 5.77. The predicted molar refractivity (Wildman–Crippen MR) is 51.7 cm³/mol. The molecule has 1 N–H and O–H groups in total. The molecule has 0 bridgehead atoms. The summed E-state index contributed by atoms with van der Waals surface area (Å²) in [6.07, 6.45) is 8.07. The van der Waals surface area contributed by atoms with E-state index >= 15 is 0 Å². The van der Waals surface area contributed by atoms with Crippen molar-refractivity contribution in [3.05, 3.63) is 17.2 Å². The summed E-state index contributed by atoms with van der Waals surface area (Å²) in [4.78, 5) is 3.02.